The number of aldehydes is 1. The Bertz CT molecular complexity index is 624. The van der Waals surface area contributed by atoms with Crippen LogP contribution in [0.4, 0.5) is 5.69 Å². The molecule has 0 amide bonds. The van der Waals surface area contributed by atoms with Crippen molar-refractivity contribution in [2.24, 2.45) is 0 Å². The number of anilines is 1. The van der Waals surface area contributed by atoms with Crippen molar-refractivity contribution < 1.29 is 4.79 Å². The van der Waals surface area contributed by atoms with E-state index in [-0.39, 0.29) is 6.04 Å². The molecule has 2 nitrogen and oxygen atoms in total. The molecule has 0 saturated heterocycles. The minimum Gasteiger partial charge on any atom is -0.367 e. The van der Waals surface area contributed by atoms with E-state index in [1.54, 1.807) is 0 Å². The van der Waals surface area contributed by atoms with Crippen LogP contribution in [-0.2, 0) is 0 Å². The summed E-state index contributed by atoms with van der Waals surface area (Å²) in [6.07, 6.45) is 0.906. The lowest BCUT2D eigenvalue weighted by Gasteiger charge is -2.28. The molecule has 0 aliphatic rings. The number of aryl methyl sites for hydroxylation is 1. The summed E-state index contributed by atoms with van der Waals surface area (Å²) in [6, 6.07) is 13.8. The minimum absolute atomic E-state index is 0.134. The summed E-state index contributed by atoms with van der Waals surface area (Å²) < 4.78 is 0. The van der Waals surface area contributed by atoms with Gasteiger partial charge < -0.3 is 4.90 Å². The molecule has 104 valence electrons. The van der Waals surface area contributed by atoms with Crippen molar-refractivity contribution in [2.75, 3.05) is 11.9 Å². The Kier molecular flexibility index (Phi) is 4.46. The molecule has 1 unspecified atom stereocenters. The van der Waals surface area contributed by atoms with E-state index in [9.17, 15) is 4.79 Å². The Labute approximate surface area is 125 Å². The van der Waals surface area contributed by atoms with Crippen molar-refractivity contribution in [2.45, 2.75) is 19.9 Å². The molecule has 20 heavy (non-hydrogen) atoms. The summed E-state index contributed by atoms with van der Waals surface area (Å²) in [5.74, 6) is 0. The van der Waals surface area contributed by atoms with Crippen molar-refractivity contribution in [3.63, 3.8) is 0 Å². The molecule has 0 N–H and O–H groups in total. The van der Waals surface area contributed by atoms with E-state index in [0.717, 1.165) is 28.1 Å². The molecule has 0 heterocycles. The van der Waals surface area contributed by atoms with Crippen LogP contribution in [0.3, 0.4) is 0 Å². The number of carbonyl (C=O) groups excluding carboxylic acids is 1. The molecule has 0 saturated carbocycles. The van der Waals surface area contributed by atoms with Crippen LogP contribution in [0.15, 0.2) is 42.5 Å². The van der Waals surface area contributed by atoms with Crippen LogP contribution >= 0.6 is 11.6 Å². The van der Waals surface area contributed by atoms with Gasteiger partial charge >= 0.3 is 0 Å². The second kappa shape index (κ2) is 6.10. The highest BCUT2D eigenvalue weighted by molar-refractivity contribution is 6.30. The highest BCUT2D eigenvalue weighted by atomic mass is 35.5. The number of halogens is 1. The Morgan fingerprint density at radius 2 is 1.95 bits per heavy atom. The first-order chi connectivity index (χ1) is 9.52. The Morgan fingerprint density at radius 1 is 1.20 bits per heavy atom. The van der Waals surface area contributed by atoms with Crippen LogP contribution in [0, 0.1) is 6.92 Å². The normalized spacial score (nSPS) is 12.0. The van der Waals surface area contributed by atoms with Gasteiger partial charge in [0.25, 0.3) is 0 Å². The van der Waals surface area contributed by atoms with Crippen LogP contribution < -0.4 is 4.90 Å². The van der Waals surface area contributed by atoms with E-state index >= 15 is 0 Å². The molecular formula is C17H18ClNO. The summed E-state index contributed by atoms with van der Waals surface area (Å²) in [5, 5.41) is 0.724. The molecule has 0 spiro atoms. The van der Waals surface area contributed by atoms with Crippen molar-refractivity contribution in [3.8, 4) is 0 Å². The number of carbonyl (C=O) groups is 1. The fourth-order valence-electron chi connectivity index (χ4n) is 2.29. The number of rotatable bonds is 4. The van der Waals surface area contributed by atoms with Crippen molar-refractivity contribution in [1.82, 2.24) is 0 Å². The summed E-state index contributed by atoms with van der Waals surface area (Å²) in [7, 11) is 1.99. The van der Waals surface area contributed by atoms with Crippen LogP contribution in [0.25, 0.3) is 0 Å². The van der Waals surface area contributed by atoms with Gasteiger partial charge in [-0.2, -0.15) is 0 Å². The number of hydrogen-bond donors (Lipinski definition) is 0. The lowest BCUT2D eigenvalue weighted by Crippen LogP contribution is -2.22. The zero-order valence-corrected chi connectivity index (χ0v) is 12.7. The first-order valence-corrected chi connectivity index (χ1v) is 6.95. The minimum atomic E-state index is 0.134. The van der Waals surface area contributed by atoms with Gasteiger partial charge in [-0.05, 0) is 43.7 Å². The van der Waals surface area contributed by atoms with E-state index in [1.807, 2.05) is 56.4 Å². The van der Waals surface area contributed by atoms with E-state index in [1.165, 1.54) is 0 Å². The van der Waals surface area contributed by atoms with E-state index < -0.39 is 0 Å². The Balaban J connectivity index is 2.35. The third kappa shape index (κ3) is 3.02. The van der Waals surface area contributed by atoms with E-state index in [4.69, 9.17) is 11.6 Å². The standard InChI is InChI=1S/C17H18ClNO/c1-12-7-8-17(15(9-12)11-20)19(3)13(2)14-5-4-6-16(18)10-14/h4-11,13H,1-3H3. The first kappa shape index (κ1) is 14.6. The largest absolute Gasteiger partial charge is 0.367 e. The maximum absolute atomic E-state index is 11.2. The molecule has 2 aromatic carbocycles. The van der Waals surface area contributed by atoms with Gasteiger partial charge in [0.15, 0.2) is 6.29 Å². The molecule has 2 aromatic rings. The molecule has 0 fully saturated rings. The van der Waals surface area contributed by atoms with Gasteiger partial charge in [0.2, 0.25) is 0 Å². The summed E-state index contributed by atoms with van der Waals surface area (Å²) in [4.78, 5) is 13.3. The molecule has 1 atom stereocenters. The fourth-order valence-corrected chi connectivity index (χ4v) is 2.49. The molecule has 0 aromatic heterocycles. The highest BCUT2D eigenvalue weighted by Crippen LogP contribution is 2.29. The maximum Gasteiger partial charge on any atom is 0.152 e. The van der Waals surface area contributed by atoms with Gasteiger partial charge in [0.05, 0.1) is 6.04 Å². The topological polar surface area (TPSA) is 20.3 Å². The van der Waals surface area contributed by atoms with E-state index in [2.05, 4.69) is 11.8 Å². The Morgan fingerprint density at radius 3 is 2.60 bits per heavy atom. The van der Waals surface area contributed by atoms with Crippen LogP contribution in [0.5, 0.6) is 0 Å². The summed E-state index contributed by atoms with van der Waals surface area (Å²) in [6.45, 7) is 4.08. The zero-order valence-electron chi connectivity index (χ0n) is 11.9. The summed E-state index contributed by atoms with van der Waals surface area (Å²) >= 11 is 6.04. The van der Waals surface area contributed by atoms with Crippen molar-refractivity contribution in [1.29, 1.82) is 0 Å². The second-order valence-electron chi connectivity index (χ2n) is 5.02. The fraction of sp³-hybridized carbons (Fsp3) is 0.235. The first-order valence-electron chi connectivity index (χ1n) is 6.57. The van der Waals surface area contributed by atoms with Gasteiger partial charge in [-0.1, -0.05) is 35.4 Å². The molecule has 3 heteroatoms. The predicted molar refractivity (Wildman–Crippen MR) is 84.8 cm³/mol. The number of benzene rings is 2. The maximum atomic E-state index is 11.2. The molecule has 0 bridgehead atoms. The number of hydrogen-bond acceptors (Lipinski definition) is 2. The van der Waals surface area contributed by atoms with Gasteiger partial charge in [-0.3, -0.25) is 4.79 Å². The SMILES string of the molecule is Cc1ccc(N(C)C(C)c2cccc(Cl)c2)c(C=O)c1. The number of nitrogens with zero attached hydrogens (tertiary/aromatic N) is 1. The lowest BCUT2D eigenvalue weighted by atomic mass is 10.0. The third-order valence-electron chi connectivity index (χ3n) is 3.60. The lowest BCUT2D eigenvalue weighted by molar-refractivity contribution is 0.112. The average Bonchev–Trinajstić information content (AvgIpc) is 2.45. The predicted octanol–water partition coefficient (Wildman–Crippen LogP) is 4.66. The average molecular weight is 288 g/mol. The summed E-state index contributed by atoms with van der Waals surface area (Å²) in [5.41, 5.74) is 3.84. The monoisotopic (exact) mass is 287 g/mol. The highest BCUT2D eigenvalue weighted by Gasteiger charge is 2.15. The van der Waals surface area contributed by atoms with Crippen LogP contribution in [-0.4, -0.2) is 13.3 Å². The quantitative estimate of drug-likeness (QED) is 0.762. The molecular weight excluding hydrogens is 270 g/mol. The van der Waals surface area contributed by atoms with Crippen molar-refractivity contribution in [3.05, 3.63) is 64.2 Å². The molecule has 0 aliphatic carbocycles. The van der Waals surface area contributed by atoms with Gasteiger partial charge in [0, 0.05) is 23.3 Å². The van der Waals surface area contributed by atoms with Crippen LogP contribution in [0.2, 0.25) is 5.02 Å². The molecule has 0 aliphatic heterocycles. The Hall–Kier alpha value is -1.80. The zero-order chi connectivity index (χ0) is 14.7. The third-order valence-corrected chi connectivity index (χ3v) is 3.84. The van der Waals surface area contributed by atoms with Gasteiger partial charge in [-0.15, -0.1) is 0 Å². The van der Waals surface area contributed by atoms with Crippen molar-refractivity contribution >= 4 is 23.6 Å². The second-order valence-corrected chi connectivity index (χ2v) is 5.46. The molecule has 0 radical (unpaired) electrons. The van der Waals surface area contributed by atoms with Gasteiger partial charge in [0.1, 0.15) is 0 Å². The van der Waals surface area contributed by atoms with Gasteiger partial charge in [-0.25, -0.2) is 0 Å². The molecule has 2 rings (SSSR count). The van der Waals surface area contributed by atoms with Crippen LogP contribution in [0.1, 0.15) is 34.5 Å². The van der Waals surface area contributed by atoms with E-state index in [0.29, 0.717) is 5.56 Å². The smallest absolute Gasteiger partial charge is 0.152 e.